The van der Waals surface area contributed by atoms with Gasteiger partial charge in [0.1, 0.15) is 0 Å². The lowest BCUT2D eigenvalue weighted by molar-refractivity contribution is 0.0933. The average Bonchev–Trinajstić information content (AvgIpc) is 2.77. The summed E-state index contributed by atoms with van der Waals surface area (Å²) in [6.07, 6.45) is 3.01. The molecule has 4 nitrogen and oxygen atoms in total. The highest BCUT2D eigenvalue weighted by molar-refractivity contribution is 7.03. The molecule has 1 saturated carbocycles. The summed E-state index contributed by atoms with van der Waals surface area (Å²) >= 11 is 7.21. The molecular weight excluding hydrogens is 222 g/mol. The van der Waals surface area contributed by atoms with Crippen LogP contribution in [-0.2, 0) is 0 Å². The van der Waals surface area contributed by atoms with Crippen LogP contribution in [0.15, 0.2) is 5.38 Å². The lowest BCUT2D eigenvalue weighted by Gasteiger charge is -2.14. The van der Waals surface area contributed by atoms with Crippen LogP contribution in [0.25, 0.3) is 0 Å². The highest BCUT2D eigenvalue weighted by atomic mass is 35.5. The van der Waals surface area contributed by atoms with Crippen LogP contribution < -0.4 is 5.32 Å². The molecule has 1 fully saturated rings. The molecule has 0 spiro atoms. The van der Waals surface area contributed by atoms with Crippen molar-refractivity contribution in [2.24, 2.45) is 0 Å². The zero-order valence-corrected chi connectivity index (χ0v) is 9.01. The SMILES string of the molecule is O=C(NC1CCCC1Cl)c1csnn1. The van der Waals surface area contributed by atoms with Gasteiger partial charge in [-0.05, 0) is 30.8 Å². The van der Waals surface area contributed by atoms with Gasteiger partial charge in [-0.3, -0.25) is 4.79 Å². The number of alkyl halides is 1. The van der Waals surface area contributed by atoms with Crippen LogP contribution >= 0.6 is 23.1 Å². The third-order valence-corrected chi connectivity index (χ3v) is 3.37. The molecule has 0 aromatic carbocycles. The number of carbonyl (C=O) groups excluding carboxylic acids is 1. The summed E-state index contributed by atoms with van der Waals surface area (Å²) in [5.41, 5.74) is 0.380. The maximum absolute atomic E-state index is 11.5. The molecule has 76 valence electrons. The van der Waals surface area contributed by atoms with E-state index in [0.717, 1.165) is 19.3 Å². The second-order valence-electron chi connectivity index (χ2n) is 3.32. The normalized spacial score (nSPS) is 26.4. The van der Waals surface area contributed by atoms with Crippen LogP contribution in [0, 0.1) is 0 Å². The van der Waals surface area contributed by atoms with Gasteiger partial charge in [0.05, 0.1) is 5.38 Å². The first-order chi connectivity index (χ1) is 6.77. The van der Waals surface area contributed by atoms with Crippen LogP contribution in [0.1, 0.15) is 29.8 Å². The Hall–Kier alpha value is -0.680. The maximum atomic E-state index is 11.5. The summed E-state index contributed by atoms with van der Waals surface area (Å²) in [7, 11) is 0. The Morgan fingerprint density at radius 1 is 1.64 bits per heavy atom. The van der Waals surface area contributed by atoms with Crippen molar-refractivity contribution in [2.45, 2.75) is 30.7 Å². The fourth-order valence-corrected chi connectivity index (χ4v) is 2.36. The number of carbonyl (C=O) groups is 1. The number of amides is 1. The fraction of sp³-hybridized carbons (Fsp3) is 0.625. The summed E-state index contributed by atoms with van der Waals surface area (Å²) in [6.45, 7) is 0. The van der Waals surface area contributed by atoms with Gasteiger partial charge >= 0.3 is 0 Å². The highest BCUT2D eigenvalue weighted by Crippen LogP contribution is 2.24. The molecule has 1 aromatic rings. The molecule has 0 radical (unpaired) electrons. The second kappa shape index (κ2) is 4.23. The number of halogens is 1. The summed E-state index contributed by atoms with van der Waals surface area (Å²) in [6, 6.07) is 0.0888. The lowest BCUT2D eigenvalue weighted by atomic mass is 10.2. The van der Waals surface area contributed by atoms with E-state index in [2.05, 4.69) is 14.9 Å². The van der Waals surface area contributed by atoms with E-state index >= 15 is 0 Å². The molecular formula is C8H10ClN3OS. The van der Waals surface area contributed by atoms with Crippen molar-refractivity contribution >= 4 is 29.0 Å². The molecule has 6 heteroatoms. The van der Waals surface area contributed by atoms with E-state index in [-0.39, 0.29) is 17.3 Å². The molecule has 0 saturated heterocycles. The largest absolute Gasteiger partial charge is 0.346 e. The van der Waals surface area contributed by atoms with Gasteiger partial charge in [0.15, 0.2) is 5.69 Å². The summed E-state index contributed by atoms with van der Waals surface area (Å²) in [4.78, 5) is 11.5. The van der Waals surface area contributed by atoms with Gasteiger partial charge in [0.2, 0.25) is 0 Å². The average molecular weight is 232 g/mol. The van der Waals surface area contributed by atoms with Gasteiger partial charge < -0.3 is 5.32 Å². The van der Waals surface area contributed by atoms with E-state index < -0.39 is 0 Å². The van der Waals surface area contributed by atoms with E-state index in [1.54, 1.807) is 5.38 Å². The Kier molecular flexibility index (Phi) is 2.98. The molecule has 0 aliphatic heterocycles. The minimum Gasteiger partial charge on any atom is -0.346 e. The standard InChI is InChI=1S/C8H10ClN3OS/c9-5-2-1-3-6(5)10-8(13)7-4-14-12-11-7/h4-6H,1-3H2,(H,10,13). The number of hydrogen-bond donors (Lipinski definition) is 1. The molecule has 1 aromatic heterocycles. The molecule has 1 aliphatic rings. The Morgan fingerprint density at radius 2 is 2.50 bits per heavy atom. The predicted molar refractivity (Wildman–Crippen MR) is 54.7 cm³/mol. The Morgan fingerprint density at radius 3 is 3.07 bits per heavy atom. The van der Waals surface area contributed by atoms with E-state index in [0.29, 0.717) is 5.69 Å². The minimum atomic E-state index is -0.170. The topological polar surface area (TPSA) is 54.9 Å². The summed E-state index contributed by atoms with van der Waals surface area (Å²) < 4.78 is 3.63. The number of aromatic nitrogens is 2. The molecule has 2 unspecified atom stereocenters. The van der Waals surface area contributed by atoms with Crippen molar-refractivity contribution in [3.8, 4) is 0 Å². The van der Waals surface area contributed by atoms with E-state index in [9.17, 15) is 4.79 Å². The monoisotopic (exact) mass is 231 g/mol. The van der Waals surface area contributed by atoms with Crippen molar-refractivity contribution < 1.29 is 4.79 Å². The lowest BCUT2D eigenvalue weighted by Crippen LogP contribution is -2.38. The first-order valence-corrected chi connectivity index (χ1v) is 5.76. The van der Waals surface area contributed by atoms with E-state index in [4.69, 9.17) is 11.6 Å². The van der Waals surface area contributed by atoms with Crippen molar-refractivity contribution in [3.63, 3.8) is 0 Å². The number of nitrogens with one attached hydrogen (secondary N) is 1. The molecule has 1 amide bonds. The highest BCUT2D eigenvalue weighted by Gasteiger charge is 2.27. The van der Waals surface area contributed by atoms with Gasteiger partial charge in [0, 0.05) is 11.4 Å². The van der Waals surface area contributed by atoms with Crippen molar-refractivity contribution in [1.29, 1.82) is 0 Å². The Labute approximate surface area is 90.8 Å². The van der Waals surface area contributed by atoms with E-state index in [1.807, 2.05) is 0 Å². The number of rotatable bonds is 2. The van der Waals surface area contributed by atoms with Crippen LogP contribution in [0.2, 0.25) is 0 Å². The number of hydrogen-bond acceptors (Lipinski definition) is 4. The van der Waals surface area contributed by atoms with Crippen molar-refractivity contribution in [1.82, 2.24) is 14.9 Å². The zero-order valence-electron chi connectivity index (χ0n) is 7.44. The second-order valence-corrected chi connectivity index (χ2v) is 4.49. The first kappa shape index (κ1) is 9.86. The molecule has 1 N–H and O–H groups in total. The van der Waals surface area contributed by atoms with Crippen LogP contribution in [0.5, 0.6) is 0 Å². The van der Waals surface area contributed by atoms with Gasteiger partial charge in [-0.2, -0.15) is 0 Å². The van der Waals surface area contributed by atoms with Crippen LogP contribution in [0.4, 0.5) is 0 Å². The quantitative estimate of drug-likeness (QED) is 0.784. The third kappa shape index (κ3) is 2.04. The maximum Gasteiger partial charge on any atom is 0.273 e. The first-order valence-electron chi connectivity index (χ1n) is 4.49. The Balaban J connectivity index is 1.95. The Bertz CT molecular complexity index is 316. The summed E-state index contributed by atoms with van der Waals surface area (Å²) in [5.74, 6) is -0.170. The molecule has 1 heterocycles. The smallest absolute Gasteiger partial charge is 0.273 e. The van der Waals surface area contributed by atoms with Gasteiger partial charge in [0.25, 0.3) is 5.91 Å². The fourth-order valence-electron chi connectivity index (χ4n) is 1.58. The third-order valence-electron chi connectivity index (χ3n) is 2.34. The molecule has 14 heavy (non-hydrogen) atoms. The van der Waals surface area contributed by atoms with Crippen molar-refractivity contribution in [3.05, 3.63) is 11.1 Å². The van der Waals surface area contributed by atoms with Crippen LogP contribution in [-0.4, -0.2) is 26.9 Å². The van der Waals surface area contributed by atoms with E-state index in [1.165, 1.54) is 11.5 Å². The van der Waals surface area contributed by atoms with Gasteiger partial charge in [-0.15, -0.1) is 16.7 Å². The van der Waals surface area contributed by atoms with Crippen molar-refractivity contribution in [2.75, 3.05) is 0 Å². The predicted octanol–water partition coefficient (Wildman–Crippen LogP) is 1.43. The molecule has 2 atom stereocenters. The molecule has 0 bridgehead atoms. The van der Waals surface area contributed by atoms with Gasteiger partial charge in [-0.25, -0.2) is 0 Å². The molecule has 1 aliphatic carbocycles. The van der Waals surface area contributed by atoms with Gasteiger partial charge in [-0.1, -0.05) is 4.49 Å². The molecule has 2 rings (SSSR count). The summed E-state index contributed by atoms with van der Waals surface area (Å²) in [5, 5.41) is 8.25. The zero-order chi connectivity index (χ0) is 9.97. The number of nitrogens with zero attached hydrogens (tertiary/aromatic N) is 2. The van der Waals surface area contributed by atoms with Crippen LogP contribution in [0.3, 0.4) is 0 Å². The minimum absolute atomic E-state index is 0.0607.